The lowest BCUT2D eigenvalue weighted by atomic mass is 10.0. The Bertz CT molecular complexity index is 621. The fraction of sp³-hybridized carbons (Fsp3) is 0.893. The lowest BCUT2D eigenvalue weighted by Gasteiger charge is -2.23. The number of carbonyl (C=O) groups is 1. The first kappa shape index (κ1) is 34.1. The summed E-state index contributed by atoms with van der Waals surface area (Å²) in [5.74, 6) is -0.912. The molecule has 7 heteroatoms. The van der Waals surface area contributed by atoms with E-state index in [1.54, 1.807) is 0 Å². The van der Waals surface area contributed by atoms with Gasteiger partial charge in [-0.3, -0.25) is 9.35 Å². The molecule has 0 aliphatic heterocycles. The summed E-state index contributed by atoms with van der Waals surface area (Å²) in [6.45, 7) is 4.39. The molecule has 0 saturated heterocycles. The zero-order valence-electron chi connectivity index (χ0n) is 22.7. The van der Waals surface area contributed by atoms with Crippen molar-refractivity contribution in [2.75, 3.05) is 5.75 Å². The summed E-state index contributed by atoms with van der Waals surface area (Å²) in [7, 11) is -4.29. The van der Waals surface area contributed by atoms with Crippen molar-refractivity contribution in [3.8, 4) is 0 Å². The maximum atomic E-state index is 12.3. The Morgan fingerprint density at radius 2 is 1.20 bits per heavy atom. The lowest BCUT2D eigenvalue weighted by Crippen LogP contribution is -2.47. The first-order chi connectivity index (χ1) is 16.8. The Morgan fingerprint density at radius 1 is 0.743 bits per heavy atom. The van der Waals surface area contributed by atoms with E-state index in [-0.39, 0.29) is 5.91 Å². The molecule has 208 valence electrons. The van der Waals surface area contributed by atoms with Gasteiger partial charge in [0, 0.05) is 6.42 Å². The van der Waals surface area contributed by atoms with E-state index in [1.807, 2.05) is 0 Å². The molecule has 2 unspecified atom stereocenters. The predicted molar refractivity (Wildman–Crippen MR) is 147 cm³/mol. The first-order valence-corrected chi connectivity index (χ1v) is 16.0. The predicted octanol–water partition coefficient (Wildman–Crippen LogP) is 7.12. The van der Waals surface area contributed by atoms with Gasteiger partial charge in [0.25, 0.3) is 10.1 Å². The minimum Gasteiger partial charge on any atom is -0.391 e. The molecule has 0 spiro atoms. The van der Waals surface area contributed by atoms with Crippen LogP contribution < -0.4 is 5.32 Å². The molecule has 6 nitrogen and oxygen atoms in total. The van der Waals surface area contributed by atoms with E-state index in [9.17, 15) is 22.9 Å². The molecule has 0 aliphatic carbocycles. The standard InChI is InChI=1S/C28H55NO5S/c1-3-5-7-9-11-12-13-14-15-16-17-18-20-22-24-28(31)29-26(25-35(32,33)34)27(30)23-21-19-10-8-6-4-2/h13-14,26-27,30H,3-12,15-25H2,1-2H3,(H,29,31)(H,32,33,34)/b14-13-. The molecule has 0 aliphatic rings. The number of aliphatic hydroxyl groups excluding tert-OH is 1. The zero-order chi connectivity index (χ0) is 26.2. The largest absolute Gasteiger partial charge is 0.391 e. The van der Waals surface area contributed by atoms with E-state index >= 15 is 0 Å². The molecule has 0 aromatic carbocycles. The maximum absolute atomic E-state index is 12.3. The summed E-state index contributed by atoms with van der Waals surface area (Å²) in [6.07, 6.45) is 24.7. The van der Waals surface area contributed by atoms with E-state index in [0.29, 0.717) is 12.8 Å². The van der Waals surface area contributed by atoms with Crippen LogP contribution >= 0.6 is 0 Å². The number of hydrogen-bond donors (Lipinski definition) is 3. The molecule has 0 heterocycles. The molecule has 2 atom stereocenters. The normalized spacial score (nSPS) is 13.8. The van der Waals surface area contributed by atoms with Gasteiger partial charge in [0.05, 0.1) is 17.9 Å². The van der Waals surface area contributed by atoms with E-state index in [0.717, 1.165) is 57.8 Å². The second-order valence-electron chi connectivity index (χ2n) is 10.0. The van der Waals surface area contributed by atoms with Gasteiger partial charge in [-0.05, 0) is 38.5 Å². The molecule has 0 aromatic heterocycles. The maximum Gasteiger partial charge on any atom is 0.266 e. The molecule has 0 saturated carbocycles. The van der Waals surface area contributed by atoms with Crippen LogP contribution in [0, 0.1) is 0 Å². The van der Waals surface area contributed by atoms with E-state index in [2.05, 4.69) is 31.3 Å². The summed E-state index contributed by atoms with van der Waals surface area (Å²) in [6, 6.07) is -0.966. The van der Waals surface area contributed by atoms with E-state index < -0.39 is 28.0 Å². The second kappa shape index (κ2) is 23.5. The van der Waals surface area contributed by atoms with Crippen molar-refractivity contribution < 1.29 is 22.9 Å². The van der Waals surface area contributed by atoms with Crippen LogP contribution in [0.25, 0.3) is 0 Å². The summed E-state index contributed by atoms with van der Waals surface area (Å²) in [5.41, 5.74) is 0. The number of amides is 1. The monoisotopic (exact) mass is 517 g/mol. The first-order valence-electron chi connectivity index (χ1n) is 14.4. The molecule has 0 radical (unpaired) electrons. The SMILES string of the molecule is CCCCCCC/C=C\CCCCCCCC(=O)NC(CS(=O)(=O)O)C(O)CCCCCCCC. The zero-order valence-corrected chi connectivity index (χ0v) is 23.5. The van der Waals surface area contributed by atoms with Crippen LogP contribution in [0.15, 0.2) is 12.2 Å². The number of nitrogens with one attached hydrogen (secondary N) is 1. The quantitative estimate of drug-likeness (QED) is 0.0679. The Kier molecular flexibility index (Phi) is 22.9. The minimum absolute atomic E-state index is 0.262. The van der Waals surface area contributed by atoms with Crippen LogP contribution in [0.1, 0.15) is 142 Å². The molecular weight excluding hydrogens is 462 g/mol. The highest BCUT2D eigenvalue weighted by Gasteiger charge is 2.25. The van der Waals surface area contributed by atoms with Gasteiger partial charge >= 0.3 is 0 Å². The molecular formula is C28H55NO5S. The van der Waals surface area contributed by atoms with Crippen molar-refractivity contribution in [3.05, 3.63) is 12.2 Å². The Labute approximate surface area is 216 Å². The highest BCUT2D eigenvalue weighted by molar-refractivity contribution is 7.85. The molecule has 0 rings (SSSR count). The van der Waals surface area contributed by atoms with E-state index in [4.69, 9.17) is 0 Å². The second-order valence-corrected chi connectivity index (χ2v) is 11.5. The Hall–Kier alpha value is -0.920. The molecule has 0 fully saturated rings. The van der Waals surface area contributed by atoms with Crippen molar-refractivity contribution in [2.24, 2.45) is 0 Å². The van der Waals surface area contributed by atoms with Crippen molar-refractivity contribution >= 4 is 16.0 Å². The van der Waals surface area contributed by atoms with Gasteiger partial charge in [0.2, 0.25) is 5.91 Å². The average Bonchev–Trinajstić information content (AvgIpc) is 2.80. The van der Waals surface area contributed by atoms with Crippen LogP contribution in [-0.2, 0) is 14.9 Å². The van der Waals surface area contributed by atoms with Crippen LogP contribution in [0.3, 0.4) is 0 Å². The van der Waals surface area contributed by atoms with Gasteiger partial charge in [-0.1, -0.05) is 109 Å². The molecule has 0 aromatic rings. The summed E-state index contributed by atoms with van der Waals surface area (Å²) >= 11 is 0. The third-order valence-corrected chi connectivity index (χ3v) is 7.25. The van der Waals surface area contributed by atoms with Gasteiger partial charge < -0.3 is 10.4 Å². The van der Waals surface area contributed by atoms with Crippen molar-refractivity contribution in [3.63, 3.8) is 0 Å². The molecule has 3 N–H and O–H groups in total. The number of unbranched alkanes of at least 4 members (excludes halogenated alkanes) is 15. The smallest absolute Gasteiger partial charge is 0.266 e. The average molecular weight is 518 g/mol. The van der Waals surface area contributed by atoms with Crippen molar-refractivity contribution in [2.45, 2.75) is 154 Å². The highest BCUT2D eigenvalue weighted by atomic mass is 32.2. The van der Waals surface area contributed by atoms with Gasteiger partial charge in [-0.2, -0.15) is 8.42 Å². The molecule has 35 heavy (non-hydrogen) atoms. The van der Waals surface area contributed by atoms with Crippen LogP contribution in [-0.4, -0.2) is 41.9 Å². The fourth-order valence-electron chi connectivity index (χ4n) is 4.27. The van der Waals surface area contributed by atoms with Gasteiger partial charge in [0.15, 0.2) is 0 Å². The number of rotatable bonds is 25. The Morgan fingerprint density at radius 3 is 1.71 bits per heavy atom. The lowest BCUT2D eigenvalue weighted by molar-refractivity contribution is -0.122. The number of aliphatic hydroxyl groups is 1. The summed E-state index contributed by atoms with van der Waals surface area (Å²) in [5, 5.41) is 13.1. The van der Waals surface area contributed by atoms with Gasteiger partial charge in [0.1, 0.15) is 0 Å². The Balaban J connectivity index is 3.98. The minimum atomic E-state index is -4.29. The number of carbonyl (C=O) groups excluding carboxylic acids is 1. The van der Waals surface area contributed by atoms with E-state index in [1.165, 1.54) is 57.8 Å². The molecule has 0 bridgehead atoms. The van der Waals surface area contributed by atoms with Crippen molar-refractivity contribution in [1.29, 1.82) is 0 Å². The van der Waals surface area contributed by atoms with Crippen LogP contribution in [0.5, 0.6) is 0 Å². The number of allylic oxidation sites excluding steroid dienone is 2. The topological polar surface area (TPSA) is 104 Å². The van der Waals surface area contributed by atoms with Crippen LogP contribution in [0.4, 0.5) is 0 Å². The van der Waals surface area contributed by atoms with Gasteiger partial charge in [-0.25, -0.2) is 0 Å². The molecule has 1 amide bonds. The highest BCUT2D eigenvalue weighted by Crippen LogP contribution is 2.13. The third kappa shape index (κ3) is 24.5. The van der Waals surface area contributed by atoms with Crippen molar-refractivity contribution in [1.82, 2.24) is 5.32 Å². The van der Waals surface area contributed by atoms with Crippen LogP contribution in [0.2, 0.25) is 0 Å². The third-order valence-electron chi connectivity index (χ3n) is 6.47. The fourth-order valence-corrected chi connectivity index (χ4v) is 5.03. The number of hydrogen-bond acceptors (Lipinski definition) is 4. The summed E-state index contributed by atoms with van der Waals surface area (Å²) < 4.78 is 32.0. The van der Waals surface area contributed by atoms with Gasteiger partial charge in [-0.15, -0.1) is 0 Å². The summed E-state index contributed by atoms with van der Waals surface area (Å²) in [4.78, 5) is 12.3.